The van der Waals surface area contributed by atoms with Gasteiger partial charge < -0.3 is 18.6 Å². The molecule has 2 unspecified atom stereocenters. The van der Waals surface area contributed by atoms with Gasteiger partial charge in [0.2, 0.25) is 0 Å². The highest BCUT2D eigenvalue weighted by Gasteiger charge is 2.67. The number of aryl methyl sites for hydroxylation is 1. The molecule has 3 aliphatic carbocycles. The van der Waals surface area contributed by atoms with Gasteiger partial charge in [-0.2, -0.15) is 0 Å². The standard InChI is InChI=1S/C36H57ClO5Si/c1-25(38)41-32-30(17-20-35(6)31(32)18-21-36(35)39-22-23-40-36)34(5)19-16-29(42-43(7,8)33(2,3)4)24-27(34)11-9-10-26-12-14-28(37)15-13-26/h12-15,27,29-32H,9-11,16-24H2,1-8H3/t27-,29-,30?,31?,32+,34-,35-/m0/s1. The summed E-state index contributed by atoms with van der Waals surface area (Å²) in [5, 5.41) is 0.978. The molecule has 4 fully saturated rings. The molecule has 4 aliphatic rings. The Kier molecular flexibility index (Phi) is 9.61. The van der Waals surface area contributed by atoms with Gasteiger partial charge in [0, 0.05) is 41.7 Å². The van der Waals surface area contributed by atoms with Crippen molar-refractivity contribution in [3.8, 4) is 0 Å². The van der Waals surface area contributed by atoms with Crippen molar-refractivity contribution in [1.29, 1.82) is 0 Å². The van der Waals surface area contributed by atoms with Crippen molar-refractivity contribution in [2.24, 2.45) is 28.6 Å². The fourth-order valence-electron chi connectivity index (χ4n) is 9.24. The second-order valence-corrected chi connectivity index (χ2v) is 21.4. The highest BCUT2D eigenvalue weighted by Crippen LogP contribution is 2.66. The van der Waals surface area contributed by atoms with E-state index >= 15 is 0 Å². The number of ether oxygens (including phenoxy) is 3. The molecule has 5 rings (SSSR count). The number of carbonyl (C=O) groups excluding carboxylic acids is 1. The lowest BCUT2D eigenvalue weighted by Crippen LogP contribution is -2.58. The normalized spacial score (nSPS) is 36.1. The minimum atomic E-state index is -1.89. The summed E-state index contributed by atoms with van der Waals surface area (Å²) in [6.07, 6.45) is 10.8. The molecule has 7 heteroatoms. The van der Waals surface area contributed by atoms with E-state index < -0.39 is 14.1 Å². The third-order valence-corrected chi connectivity index (χ3v) is 17.6. The number of carbonyl (C=O) groups is 1. The highest BCUT2D eigenvalue weighted by atomic mass is 35.5. The van der Waals surface area contributed by atoms with Gasteiger partial charge in [-0.05, 0) is 105 Å². The average molecular weight is 633 g/mol. The van der Waals surface area contributed by atoms with Crippen LogP contribution < -0.4 is 0 Å². The van der Waals surface area contributed by atoms with Gasteiger partial charge >= 0.3 is 5.97 Å². The molecule has 242 valence electrons. The Morgan fingerprint density at radius 3 is 2.28 bits per heavy atom. The zero-order chi connectivity index (χ0) is 31.3. The van der Waals surface area contributed by atoms with Crippen LogP contribution in [-0.4, -0.2) is 45.5 Å². The highest BCUT2D eigenvalue weighted by molar-refractivity contribution is 6.74. The summed E-state index contributed by atoms with van der Waals surface area (Å²) in [4.78, 5) is 12.7. The van der Waals surface area contributed by atoms with Crippen molar-refractivity contribution >= 4 is 25.9 Å². The molecule has 0 bridgehead atoms. The molecule has 0 aromatic heterocycles. The van der Waals surface area contributed by atoms with Gasteiger partial charge in [-0.15, -0.1) is 0 Å². The summed E-state index contributed by atoms with van der Waals surface area (Å²) >= 11 is 6.17. The van der Waals surface area contributed by atoms with Gasteiger partial charge in [0.15, 0.2) is 14.1 Å². The molecule has 1 heterocycles. The van der Waals surface area contributed by atoms with Crippen LogP contribution in [0.1, 0.15) is 105 Å². The van der Waals surface area contributed by atoms with Crippen LogP contribution >= 0.6 is 11.6 Å². The minimum Gasteiger partial charge on any atom is -0.462 e. The molecule has 1 aromatic carbocycles. The lowest BCUT2D eigenvalue weighted by molar-refractivity contribution is -0.252. The van der Waals surface area contributed by atoms with E-state index in [0.717, 1.165) is 69.2 Å². The maximum Gasteiger partial charge on any atom is 0.302 e. The first kappa shape index (κ1) is 33.4. The summed E-state index contributed by atoms with van der Waals surface area (Å²) in [5.74, 6) is 0.395. The van der Waals surface area contributed by atoms with Crippen LogP contribution in [0.2, 0.25) is 23.2 Å². The quantitative estimate of drug-likeness (QED) is 0.211. The van der Waals surface area contributed by atoms with Gasteiger partial charge in [-0.25, -0.2) is 0 Å². The smallest absolute Gasteiger partial charge is 0.302 e. The molecule has 0 radical (unpaired) electrons. The van der Waals surface area contributed by atoms with Gasteiger partial charge in [0.1, 0.15) is 6.10 Å². The van der Waals surface area contributed by atoms with E-state index in [1.807, 2.05) is 12.1 Å². The number of hydrogen-bond donors (Lipinski definition) is 0. The van der Waals surface area contributed by atoms with Crippen LogP contribution in [0.4, 0.5) is 0 Å². The predicted octanol–water partition coefficient (Wildman–Crippen LogP) is 9.36. The number of halogens is 1. The molecular formula is C36H57ClO5Si. The van der Waals surface area contributed by atoms with E-state index in [4.69, 9.17) is 30.2 Å². The zero-order valence-electron chi connectivity index (χ0n) is 28.1. The second kappa shape index (κ2) is 12.4. The minimum absolute atomic E-state index is 0.0713. The van der Waals surface area contributed by atoms with Crippen LogP contribution in [0.15, 0.2) is 24.3 Å². The first-order valence-corrected chi connectivity index (χ1v) is 20.3. The molecule has 1 spiro atoms. The van der Waals surface area contributed by atoms with E-state index in [1.54, 1.807) is 6.92 Å². The summed E-state index contributed by atoms with van der Waals surface area (Å²) in [5.41, 5.74) is 1.28. The molecule has 7 atom stereocenters. The molecule has 1 aliphatic heterocycles. The van der Waals surface area contributed by atoms with Crippen LogP contribution in [0.25, 0.3) is 0 Å². The van der Waals surface area contributed by atoms with Crippen molar-refractivity contribution < 1.29 is 23.4 Å². The summed E-state index contributed by atoms with van der Waals surface area (Å²) in [6.45, 7) is 19.6. The van der Waals surface area contributed by atoms with Crippen LogP contribution in [0, 0.1) is 28.6 Å². The Bertz CT molecular complexity index is 1130. The summed E-state index contributed by atoms with van der Waals surface area (Å²) in [6, 6.07) is 8.32. The van der Waals surface area contributed by atoms with E-state index in [9.17, 15) is 4.79 Å². The lowest BCUT2D eigenvalue weighted by Gasteiger charge is -2.58. The van der Waals surface area contributed by atoms with Crippen molar-refractivity contribution in [2.75, 3.05) is 13.2 Å². The third-order valence-electron chi connectivity index (χ3n) is 12.8. The van der Waals surface area contributed by atoms with Gasteiger partial charge in [0.25, 0.3) is 0 Å². The lowest BCUT2D eigenvalue weighted by atomic mass is 9.51. The molecule has 0 amide bonds. The molecule has 1 saturated heterocycles. The summed E-state index contributed by atoms with van der Waals surface area (Å²) < 4.78 is 26.2. The first-order valence-electron chi connectivity index (χ1n) is 17.0. The van der Waals surface area contributed by atoms with E-state index in [0.29, 0.717) is 31.2 Å². The van der Waals surface area contributed by atoms with Crippen molar-refractivity contribution in [2.45, 2.75) is 142 Å². The summed E-state index contributed by atoms with van der Waals surface area (Å²) in [7, 11) is -1.89. The number of rotatable bonds is 8. The first-order chi connectivity index (χ1) is 20.1. The average Bonchev–Trinajstić information content (AvgIpc) is 3.52. The second-order valence-electron chi connectivity index (χ2n) is 16.2. The Morgan fingerprint density at radius 2 is 1.65 bits per heavy atom. The van der Waals surface area contributed by atoms with Crippen LogP contribution in [-0.2, 0) is 29.9 Å². The Morgan fingerprint density at radius 1 is 1.00 bits per heavy atom. The number of hydrogen-bond acceptors (Lipinski definition) is 5. The molecule has 1 aromatic rings. The fourth-order valence-corrected chi connectivity index (χ4v) is 10.8. The SMILES string of the molecule is CC(=O)O[C@H]1C2CCC3(OCCO3)[C@@]2(C)CCC1[C@@]1(C)CC[C@H](O[Si](C)(C)C(C)(C)C)C[C@@H]1CCCc1ccc(Cl)cc1. The van der Waals surface area contributed by atoms with Crippen LogP contribution in [0.3, 0.4) is 0 Å². The molecule has 5 nitrogen and oxygen atoms in total. The van der Waals surface area contributed by atoms with Gasteiger partial charge in [-0.3, -0.25) is 4.79 Å². The van der Waals surface area contributed by atoms with Crippen molar-refractivity contribution in [3.63, 3.8) is 0 Å². The maximum absolute atomic E-state index is 12.7. The van der Waals surface area contributed by atoms with Crippen molar-refractivity contribution in [3.05, 3.63) is 34.9 Å². The van der Waals surface area contributed by atoms with Gasteiger partial charge in [0.05, 0.1) is 13.2 Å². The number of fused-ring (bicyclic) bond motifs is 2. The molecule has 43 heavy (non-hydrogen) atoms. The Hall–Kier alpha value is -0.923. The largest absolute Gasteiger partial charge is 0.462 e. The monoisotopic (exact) mass is 632 g/mol. The molecular weight excluding hydrogens is 576 g/mol. The van der Waals surface area contributed by atoms with E-state index in [-0.39, 0.29) is 33.9 Å². The Labute approximate surface area is 267 Å². The zero-order valence-corrected chi connectivity index (χ0v) is 29.9. The third kappa shape index (κ3) is 6.39. The Balaban J connectivity index is 1.41. The molecule has 3 saturated carbocycles. The van der Waals surface area contributed by atoms with Gasteiger partial charge in [-0.1, -0.05) is 58.4 Å². The van der Waals surface area contributed by atoms with E-state index in [2.05, 4.69) is 59.8 Å². The number of benzene rings is 1. The number of esters is 1. The van der Waals surface area contributed by atoms with Crippen molar-refractivity contribution in [1.82, 2.24) is 0 Å². The van der Waals surface area contributed by atoms with Crippen LogP contribution in [0.5, 0.6) is 0 Å². The predicted molar refractivity (Wildman–Crippen MR) is 176 cm³/mol. The fraction of sp³-hybridized carbons (Fsp3) is 0.806. The maximum atomic E-state index is 12.7. The topological polar surface area (TPSA) is 54.0 Å². The molecule has 0 N–H and O–H groups in total. The van der Waals surface area contributed by atoms with E-state index in [1.165, 1.54) is 5.56 Å².